The lowest BCUT2D eigenvalue weighted by Gasteiger charge is -1.88. The summed E-state index contributed by atoms with van der Waals surface area (Å²) >= 11 is 5.46. The van der Waals surface area contributed by atoms with Crippen molar-refractivity contribution in [3.8, 4) is 0 Å². The van der Waals surface area contributed by atoms with Gasteiger partial charge in [-0.3, -0.25) is 0 Å². The Morgan fingerprint density at radius 2 is 2.00 bits per heavy atom. The van der Waals surface area contributed by atoms with Crippen molar-refractivity contribution in [3.63, 3.8) is 0 Å². The maximum Gasteiger partial charge on any atom is 0.123 e. The minimum atomic E-state index is 0.543. The summed E-state index contributed by atoms with van der Waals surface area (Å²) in [6.07, 6.45) is 8.59. The van der Waals surface area contributed by atoms with E-state index in [4.69, 9.17) is 11.6 Å². The van der Waals surface area contributed by atoms with Crippen LogP contribution in [0.15, 0.2) is 12.2 Å². The lowest BCUT2D eigenvalue weighted by atomic mass is 10.2. The van der Waals surface area contributed by atoms with Gasteiger partial charge in [-0.1, -0.05) is 12.2 Å². The van der Waals surface area contributed by atoms with Crippen LogP contribution in [0.4, 0.5) is 0 Å². The molecule has 10 heavy (non-hydrogen) atoms. The number of unbranched alkanes of at least 4 members (excludes halogenated alkanes) is 2. The highest BCUT2D eigenvalue weighted by Gasteiger charge is 1.81. The summed E-state index contributed by atoms with van der Waals surface area (Å²) in [5.41, 5.74) is 0. The number of hydrogen-bond acceptors (Lipinski definition) is 1. The summed E-state index contributed by atoms with van der Waals surface area (Å²) in [5.74, 6) is 0.738. The highest BCUT2D eigenvalue weighted by molar-refractivity contribution is 6.17. The molecule has 0 aromatic heterocycles. The summed E-state index contributed by atoms with van der Waals surface area (Å²) < 4.78 is 0. The van der Waals surface area contributed by atoms with E-state index in [2.05, 4.69) is 0 Å². The van der Waals surface area contributed by atoms with Gasteiger partial charge in [0.15, 0.2) is 0 Å². The minimum absolute atomic E-state index is 0.543. The third-order valence-corrected chi connectivity index (χ3v) is 1.42. The Morgan fingerprint density at radius 3 is 2.60 bits per heavy atom. The third-order valence-electron chi connectivity index (χ3n) is 1.15. The van der Waals surface area contributed by atoms with Gasteiger partial charge < -0.3 is 4.79 Å². The van der Waals surface area contributed by atoms with Crippen LogP contribution in [-0.2, 0) is 4.79 Å². The maximum atomic E-state index is 9.82. The Morgan fingerprint density at radius 1 is 1.20 bits per heavy atom. The monoisotopic (exact) mass is 160 g/mol. The highest BCUT2D eigenvalue weighted by Crippen LogP contribution is 1.98. The summed E-state index contributed by atoms with van der Waals surface area (Å²) in [5, 5.41) is 0. The van der Waals surface area contributed by atoms with Crippen molar-refractivity contribution in [1.29, 1.82) is 0 Å². The second-order valence-electron chi connectivity index (χ2n) is 2.06. The van der Waals surface area contributed by atoms with E-state index in [0.717, 1.165) is 31.4 Å². The molecule has 0 aliphatic heterocycles. The quantitative estimate of drug-likeness (QED) is 0.253. The standard InChI is InChI=1S/C8H13ClO/c9-7-5-3-1-2-4-6-8-10/h2,4,8H,1,3,5-7H2/b4-2-. The zero-order chi connectivity index (χ0) is 7.66. The second-order valence-corrected chi connectivity index (χ2v) is 2.44. The van der Waals surface area contributed by atoms with Crippen LogP contribution in [-0.4, -0.2) is 12.2 Å². The summed E-state index contributed by atoms with van der Waals surface area (Å²) in [4.78, 5) is 9.82. The number of alkyl halides is 1. The molecule has 0 spiro atoms. The number of carbonyl (C=O) groups is 1. The van der Waals surface area contributed by atoms with Crippen molar-refractivity contribution in [3.05, 3.63) is 12.2 Å². The van der Waals surface area contributed by atoms with Crippen LogP contribution in [0.3, 0.4) is 0 Å². The van der Waals surface area contributed by atoms with Gasteiger partial charge in [0.25, 0.3) is 0 Å². The first kappa shape index (κ1) is 9.70. The van der Waals surface area contributed by atoms with Crippen LogP contribution in [0.1, 0.15) is 25.7 Å². The first-order chi connectivity index (χ1) is 4.91. The molecule has 0 N–H and O–H groups in total. The Hall–Kier alpha value is -0.300. The zero-order valence-corrected chi connectivity index (χ0v) is 6.81. The molecule has 0 heterocycles. The lowest BCUT2D eigenvalue weighted by molar-refractivity contribution is -0.107. The molecule has 0 fully saturated rings. The average molecular weight is 161 g/mol. The highest BCUT2D eigenvalue weighted by atomic mass is 35.5. The molecule has 0 aromatic rings. The minimum Gasteiger partial charge on any atom is -0.303 e. The normalized spacial score (nSPS) is 10.5. The molecular weight excluding hydrogens is 148 g/mol. The largest absolute Gasteiger partial charge is 0.303 e. The number of hydrogen-bond donors (Lipinski definition) is 0. The number of halogens is 1. The van der Waals surface area contributed by atoms with Crippen molar-refractivity contribution in [2.24, 2.45) is 0 Å². The Kier molecular flexibility index (Phi) is 8.44. The van der Waals surface area contributed by atoms with E-state index < -0.39 is 0 Å². The van der Waals surface area contributed by atoms with E-state index in [0.29, 0.717) is 6.42 Å². The molecule has 2 heteroatoms. The van der Waals surface area contributed by atoms with Crippen LogP contribution in [0.25, 0.3) is 0 Å². The van der Waals surface area contributed by atoms with Gasteiger partial charge in [0.05, 0.1) is 0 Å². The molecule has 0 radical (unpaired) electrons. The van der Waals surface area contributed by atoms with E-state index in [1.807, 2.05) is 12.2 Å². The molecule has 0 aromatic carbocycles. The Labute approximate surface area is 67.1 Å². The van der Waals surface area contributed by atoms with Gasteiger partial charge in [0, 0.05) is 12.3 Å². The third kappa shape index (κ3) is 7.70. The van der Waals surface area contributed by atoms with Crippen LogP contribution >= 0.6 is 11.6 Å². The fourth-order valence-corrected chi connectivity index (χ4v) is 0.815. The van der Waals surface area contributed by atoms with Crippen molar-refractivity contribution in [2.45, 2.75) is 25.7 Å². The summed E-state index contributed by atoms with van der Waals surface area (Å²) in [7, 11) is 0. The van der Waals surface area contributed by atoms with Crippen molar-refractivity contribution < 1.29 is 4.79 Å². The smallest absolute Gasteiger partial charge is 0.123 e. The van der Waals surface area contributed by atoms with Gasteiger partial charge in [-0.15, -0.1) is 11.6 Å². The van der Waals surface area contributed by atoms with Gasteiger partial charge >= 0.3 is 0 Å². The number of allylic oxidation sites excluding steroid dienone is 2. The first-order valence-corrected chi connectivity index (χ1v) is 4.10. The van der Waals surface area contributed by atoms with Crippen LogP contribution in [0.2, 0.25) is 0 Å². The molecule has 0 rings (SSSR count). The van der Waals surface area contributed by atoms with Crippen molar-refractivity contribution >= 4 is 17.9 Å². The van der Waals surface area contributed by atoms with Crippen molar-refractivity contribution in [2.75, 3.05) is 5.88 Å². The van der Waals surface area contributed by atoms with Crippen LogP contribution < -0.4 is 0 Å². The molecule has 0 aliphatic rings. The van der Waals surface area contributed by atoms with E-state index in [-0.39, 0.29) is 0 Å². The number of rotatable bonds is 6. The molecule has 0 aliphatic carbocycles. The molecule has 0 saturated carbocycles. The second kappa shape index (κ2) is 8.70. The Balaban J connectivity index is 2.94. The van der Waals surface area contributed by atoms with Crippen LogP contribution in [0, 0.1) is 0 Å². The molecule has 0 unspecified atom stereocenters. The summed E-state index contributed by atoms with van der Waals surface area (Å²) in [6, 6.07) is 0. The molecule has 0 saturated heterocycles. The fraction of sp³-hybridized carbons (Fsp3) is 0.625. The predicted molar refractivity (Wildman–Crippen MR) is 44.4 cm³/mol. The van der Waals surface area contributed by atoms with E-state index in [1.165, 1.54) is 0 Å². The molecule has 1 nitrogen and oxygen atoms in total. The SMILES string of the molecule is O=CC/C=C\CCCCCl. The molecule has 0 amide bonds. The van der Waals surface area contributed by atoms with Gasteiger partial charge in [0.1, 0.15) is 6.29 Å². The number of carbonyl (C=O) groups excluding carboxylic acids is 1. The molecular formula is C8H13ClO. The van der Waals surface area contributed by atoms with Gasteiger partial charge in [0.2, 0.25) is 0 Å². The number of aldehydes is 1. The van der Waals surface area contributed by atoms with Gasteiger partial charge in [-0.2, -0.15) is 0 Å². The van der Waals surface area contributed by atoms with E-state index >= 15 is 0 Å². The first-order valence-electron chi connectivity index (χ1n) is 3.56. The maximum absolute atomic E-state index is 9.82. The van der Waals surface area contributed by atoms with E-state index in [1.54, 1.807) is 0 Å². The van der Waals surface area contributed by atoms with Gasteiger partial charge in [-0.25, -0.2) is 0 Å². The predicted octanol–water partition coefficient (Wildman–Crippen LogP) is 2.54. The summed E-state index contributed by atoms with van der Waals surface area (Å²) in [6.45, 7) is 0. The zero-order valence-electron chi connectivity index (χ0n) is 6.05. The van der Waals surface area contributed by atoms with Crippen LogP contribution in [0.5, 0.6) is 0 Å². The Bertz CT molecular complexity index is 99.4. The van der Waals surface area contributed by atoms with E-state index in [9.17, 15) is 4.79 Å². The fourth-order valence-electron chi connectivity index (χ4n) is 0.626. The van der Waals surface area contributed by atoms with Gasteiger partial charge in [-0.05, 0) is 19.3 Å². The average Bonchev–Trinajstić information content (AvgIpc) is 1.97. The topological polar surface area (TPSA) is 17.1 Å². The molecule has 0 bridgehead atoms. The lowest BCUT2D eigenvalue weighted by Crippen LogP contribution is -1.74. The molecule has 58 valence electrons. The van der Waals surface area contributed by atoms with Crippen molar-refractivity contribution in [1.82, 2.24) is 0 Å². The molecule has 0 atom stereocenters.